The van der Waals surface area contributed by atoms with E-state index in [1.54, 1.807) is 6.92 Å². The van der Waals surface area contributed by atoms with Gasteiger partial charge in [0.1, 0.15) is 0 Å². The van der Waals surface area contributed by atoms with E-state index in [1.807, 2.05) is 20.8 Å². The van der Waals surface area contributed by atoms with Gasteiger partial charge in [0.25, 0.3) is 0 Å². The minimum Gasteiger partial charge on any atom is -0.374 e. The normalized spacial score (nSPS) is 13.9. The van der Waals surface area contributed by atoms with Gasteiger partial charge < -0.3 is 15.8 Å². The van der Waals surface area contributed by atoms with Gasteiger partial charge in [0, 0.05) is 13.2 Å². The third kappa shape index (κ3) is 5.60. The Kier molecular flexibility index (Phi) is 4.95. The fraction of sp³-hybridized carbons (Fsp3) is 0.889. The summed E-state index contributed by atoms with van der Waals surface area (Å²) in [5, 5.41) is 2.72. The minimum atomic E-state index is -0.461. The van der Waals surface area contributed by atoms with Crippen LogP contribution in [0.15, 0.2) is 0 Å². The molecule has 0 fully saturated rings. The molecule has 0 saturated carbocycles. The molecule has 0 aliphatic rings. The van der Waals surface area contributed by atoms with Crippen LogP contribution in [0.25, 0.3) is 0 Å². The summed E-state index contributed by atoms with van der Waals surface area (Å²) in [5.74, 6) is -0.146. The predicted molar refractivity (Wildman–Crippen MR) is 52.4 cm³/mol. The Morgan fingerprint density at radius 3 is 2.54 bits per heavy atom. The van der Waals surface area contributed by atoms with Crippen molar-refractivity contribution in [1.82, 2.24) is 5.32 Å². The number of rotatable bonds is 5. The van der Waals surface area contributed by atoms with Gasteiger partial charge in [-0.05, 0) is 27.7 Å². The van der Waals surface area contributed by atoms with Gasteiger partial charge >= 0.3 is 0 Å². The number of hydrogen-bond donors (Lipinski definition) is 2. The van der Waals surface area contributed by atoms with Crippen LogP contribution in [-0.2, 0) is 9.53 Å². The highest BCUT2D eigenvalue weighted by Gasteiger charge is 2.19. The van der Waals surface area contributed by atoms with E-state index in [1.165, 1.54) is 0 Å². The van der Waals surface area contributed by atoms with Gasteiger partial charge in [-0.1, -0.05) is 0 Å². The number of nitrogens with one attached hydrogen (secondary N) is 1. The number of hydrogen-bond acceptors (Lipinski definition) is 3. The largest absolute Gasteiger partial charge is 0.374 e. The number of carbonyl (C=O) groups is 1. The smallest absolute Gasteiger partial charge is 0.236 e. The van der Waals surface area contributed by atoms with Gasteiger partial charge in [-0.2, -0.15) is 0 Å². The summed E-state index contributed by atoms with van der Waals surface area (Å²) in [7, 11) is 0. The van der Waals surface area contributed by atoms with Gasteiger partial charge in [0.15, 0.2) is 0 Å². The molecule has 13 heavy (non-hydrogen) atoms. The Hall–Kier alpha value is -0.610. The van der Waals surface area contributed by atoms with Crippen molar-refractivity contribution in [2.75, 3.05) is 13.2 Å². The van der Waals surface area contributed by atoms with Crippen LogP contribution >= 0.6 is 0 Å². The Morgan fingerprint density at radius 1 is 1.62 bits per heavy atom. The summed E-state index contributed by atoms with van der Waals surface area (Å²) in [6.45, 7) is 8.57. The zero-order valence-electron chi connectivity index (χ0n) is 8.89. The van der Waals surface area contributed by atoms with Crippen molar-refractivity contribution < 1.29 is 9.53 Å². The molecule has 3 N–H and O–H groups in total. The summed E-state index contributed by atoms with van der Waals surface area (Å²) in [5.41, 5.74) is 5.07. The van der Waals surface area contributed by atoms with Crippen LogP contribution in [0, 0.1) is 0 Å². The molecule has 0 aromatic rings. The van der Waals surface area contributed by atoms with Crippen molar-refractivity contribution in [3.05, 3.63) is 0 Å². The molecular weight excluding hydrogens is 168 g/mol. The average Bonchev–Trinajstić information content (AvgIpc) is 2.00. The number of ether oxygens (including phenoxy) is 1. The van der Waals surface area contributed by atoms with E-state index in [4.69, 9.17) is 10.5 Å². The molecule has 0 heterocycles. The molecule has 0 aromatic heterocycles. The van der Waals surface area contributed by atoms with Crippen LogP contribution < -0.4 is 11.1 Å². The van der Waals surface area contributed by atoms with E-state index in [0.717, 1.165) is 0 Å². The van der Waals surface area contributed by atoms with Crippen LogP contribution in [0.2, 0.25) is 0 Å². The lowest BCUT2D eigenvalue weighted by atomic mass is 10.1. The summed E-state index contributed by atoms with van der Waals surface area (Å²) >= 11 is 0. The maximum Gasteiger partial charge on any atom is 0.236 e. The Morgan fingerprint density at radius 2 is 2.15 bits per heavy atom. The highest BCUT2D eigenvalue weighted by Crippen LogP contribution is 2.06. The van der Waals surface area contributed by atoms with E-state index in [0.29, 0.717) is 13.2 Å². The van der Waals surface area contributed by atoms with Crippen molar-refractivity contribution in [2.24, 2.45) is 5.73 Å². The van der Waals surface area contributed by atoms with Crippen molar-refractivity contribution in [3.8, 4) is 0 Å². The van der Waals surface area contributed by atoms with E-state index in [-0.39, 0.29) is 11.5 Å². The fourth-order valence-corrected chi connectivity index (χ4v) is 0.903. The monoisotopic (exact) mass is 188 g/mol. The zero-order chi connectivity index (χ0) is 10.5. The first-order valence-corrected chi connectivity index (χ1v) is 4.56. The molecule has 0 aromatic carbocycles. The van der Waals surface area contributed by atoms with E-state index in [2.05, 4.69) is 5.32 Å². The number of carbonyl (C=O) groups excluding carboxylic acids is 1. The topological polar surface area (TPSA) is 64.3 Å². The first-order chi connectivity index (χ1) is 5.89. The van der Waals surface area contributed by atoms with Crippen molar-refractivity contribution in [2.45, 2.75) is 39.3 Å². The number of amides is 1. The highest BCUT2D eigenvalue weighted by molar-refractivity contribution is 5.80. The van der Waals surface area contributed by atoms with Crippen molar-refractivity contribution in [3.63, 3.8) is 0 Å². The van der Waals surface area contributed by atoms with Gasteiger partial charge in [0.05, 0.1) is 11.6 Å². The second-order valence-corrected chi connectivity index (χ2v) is 3.70. The molecule has 1 atom stereocenters. The first kappa shape index (κ1) is 12.4. The van der Waals surface area contributed by atoms with Gasteiger partial charge in [-0.3, -0.25) is 4.79 Å². The molecule has 0 rings (SSSR count). The molecule has 0 radical (unpaired) electrons. The average molecular weight is 188 g/mol. The van der Waals surface area contributed by atoms with E-state index >= 15 is 0 Å². The second-order valence-electron chi connectivity index (χ2n) is 3.70. The van der Waals surface area contributed by atoms with Gasteiger partial charge in [-0.15, -0.1) is 0 Å². The highest BCUT2D eigenvalue weighted by atomic mass is 16.5. The molecule has 4 heteroatoms. The second kappa shape index (κ2) is 5.19. The molecular formula is C9H20N2O2. The zero-order valence-corrected chi connectivity index (χ0v) is 8.89. The molecule has 1 amide bonds. The number of nitrogens with two attached hydrogens (primary N) is 1. The Labute approximate surface area is 79.8 Å². The van der Waals surface area contributed by atoms with Crippen LogP contribution in [-0.4, -0.2) is 30.7 Å². The molecule has 0 bridgehead atoms. The maximum absolute atomic E-state index is 11.1. The van der Waals surface area contributed by atoms with E-state index < -0.39 is 6.04 Å². The predicted octanol–water partition coefficient (Wildman–Crippen LogP) is 0.265. The molecule has 0 aliphatic heterocycles. The SMILES string of the molecule is CCOC(C)(C)CNC(=O)C(C)N. The molecule has 0 saturated heterocycles. The third-order valence-corrected chi connectivity index (χ3v) is 1.64. The summed E-state index contributed by atoms with van der Waals surface area (Å²) in [6, 6.07) is -0.461. The van der Waals surface area contributed by atoms with Crippen LogP contribution in [0.4, 0.5) is 0 Å². The molecule has 0 aliphatic carbocycles. The third-order valence-electron chi connectivity index (χ3n) is 1.64. The summed E-state index contributed by atoms with van der Waals surface area (Å²) in [6.07, 6.45) is 0. The summed E-state index contributed by atoms with van der Waals surface area (Å²) < 4.78 is 5.40. The Bertz CT molecular complexity index is 167. The van der Waals surface area contributed by atoms with Crippen molar-refractivity contribution in [1.29, 1.82) is 0 Å². The lowest BCUT2D eigenvalue weighted by molar-refractivity contribution is -0.123. The van der Waals surface area contributed by atoms with Gasteiger partial charge in [0.2, 0.25) is 5.91 Å². The maximum atomic E-state index is 11.1. The molecule has 1 unspecified atom stereocenters. The quantitative estimate of drug-likeness (QED) is 0.650. The van der Waals surface area contributed by atoms with Crippen LogP contribution in [0.1, 0.15) is 27.7 Å². The lowest BCUT2D eigenvalue weighted by Crippen LogP contribution is -2.45. The molecule has 4 nitrogen and oxygen atoms in total. The van der Waals surface area contributed by atoms with Crippen LogP contribution in [0.5, 0.6) is 0 Å². The lowest BCUT2D eigenvalue weighted by Gasteiger charge is -2.25. The fourth-order valence-electron chi connectivity index (χ4n) is 0.903. The molecule has 78 valence electrons. The van der Waals surface area contributed by atoms with Crippen LogP contribution in [0.3, 0.4) is 0 Å². The Balaban J connectivity index is 3.80. The molecule has 0 spiro atoms. The van der Waals surface area contributed by atoms with Crippen molar-refractivity contribution >= 4 is 5.91 Å². The summed E-state index contributed by atoms with van der Waals surface area (Å²) in [4.78, 5) is 11.1. The van der Waals surface area contributed by atoms with E-state index in [9.17, 15) is 4.79 Å². The minimum absolute atomic E-state index is 0.146. The first-order valence-electron chi connectivity index (χ1n) is 4.56. The standard InChI is InChI=1S/C9H20N2O2/c1-5-13-9(3,4)6-11-8(12)7(2)10/h7H,5-6,10H2,1-4H3,(H,11,12). The van der Waals surface area contributed by atoms with Gasteiger partial charge in [-0.25, -0.2) is 0 Å².